The van der Waals surface area contributed by atoms with Gasteiger partial charge in [0.05, 0.1) is 65.1 Å². The second-order valence-corrected chi connectivity index (χ2v) is 17.8. The van der Waals surface area contributed by atoms with Crippen molar-refractivity contribution in [2.45, 2.75) is 13.1 Å². The number of halogens is 2. The summed E-state index contributed by atoms with van der Waals surface area (Å²) in [5.41, 5.74) is 16.4. The van der Waals surface area contributed by atoms with E-state index in [0.717, 1.165) is 100 Å². The number of phenols is 2. The molecule has 0 aliphatic carbocycles. The van der Waals surface area contributed by atoms with Gasteiger partial charge in [0.1, 0.15) is 24.6 Å². The lowest BCUT2D eigenvalue weighted by Crippen LogP contribution is -3.00. The Balaban J connectivity index is 0.00000289. The van der Waals surface area contributed by atoms with Crippen LogP contribution in [0.1, 0.15) is 33.9 Å². The zero-order valence-electron chi connectivity index (χ0n) is 35.7. The van der Waals surface area contributed by atoms with Gasteiger partial charge in [-0.05, 0) is 95.1 Å². The van der Waals surface area contributed by atoms with Crippen molar-refractivity contribution in [2.24, 2.45) is 0 Å². The van der Waals surface area contributed by atoms with E-state index in [9.17, 15) is 10.2 Å². The van der Waals surface area contributed by atoms with E-state index in [2.05, 4.69) is 161 Å². The minimum absolute atomic E-state index is 0. The number of H-pyrrole nitrogens is 2. The van der Waals surface area contributed by atoms with Crippen molar-refractivity contribution in [1.82, 2.24) is 19.9 Å². The number of aromatic amines is 2. The highest BCUT2D eigenvalue weighted by Gasteiger charge is 2.22. The van der Waals surface area contributed by atoms with Gasteiger partial charge in [-0.25, -0.2) is 9.97 Å². The molecule has 0 spiro atoms. The first-order valence-electron chi connectivity index (χ1n) is 20.3. The first kappa shape index (κ1) is 44.5. The molecule has 2 aliphatic rings. The van der Waals surface area contributed by atoms with Crippen LogP contribution in [0.15, 0.2) is 121 Å². The van der Waals surface area contributed by atoms with Gasteiger partial charge in [-0.2, -0.15) is 0 Å². The van der Waals surface area contributed by atoms with E-state index < -0.39 is 0 Å². The van der Waals surface area contributed by atoms with E-state index in [-0.39, 0.29) is 59.5 Å². The standard InChI is InChI=1S/C52H48N6O2.2HI/c1-57(2,3)31-37-29-35(17-27-47(37)59)51-43-23-19-39(53-43)49(33-13-9-7-10-14-33)41-21-25-45(55-41)52(36-18-28-48(60)38(30-36)32-58(4,5)6)46-26-22-42(56-46)50(34-15-11-8-12-16-34)40-20-24-44(51)54-40;;/h7-30H,31-32H2,1-6H3,(H2-2,53,54,55,56,59,60);2*1H. The minimum atomic E-state index is 0. The fourth-order valence-corrected chi connectivity index (χ4v) is 8.39. The molecule has 0 fully saturated rings. The van der Waals surface area contributed by atoms with Gasteiger partial charge in [0.15, 0.2) is 0 Å². The van der Waals surface area contributed by atoms with E-state index in [4.69, 9.17) is 9.97 Å². The number of benzene rings is 4. The molecule has 3 aromatic heterocycles. The molecule has 0 unspecified atom stereocenters. The third-order valence-electron chi connectivity index (χ3n) is 10.9. The van der Waals surface area contributed by atoms with Crippen molar-refractivity contribution in [3.8, 4) is 56.0 Å². The van der Waals surface area contributed by atoms with Crippen molar-refractivity contribution in [2.75, 3.05) is 42.3 Å². The van der Waals surface area contributed by atoms with Crippen LogP contribution < -0.4 is 48.0 Å². The number of aromatic hydroxyl groups is 2. The molecule has 8 bridgehead atoms. The Morgan fingerprint density at radius 1 is 0.403 bits per heavy atom. The molecule has 9 rings (SSSR count). The molecule has 0 saturated carbocycles. The highest BCUT2D eigenvalue weighted by atomic mass is 127. The summed E-state index contributed by atoms with van der Waals surface area (Å²) in [7, 11) is 12.7. The predicted molar refractivity (Wildman–Crippen MR) is 247 cm³/mol. The molecule has 7 aromatic rings. The van der Waals surface area contributed by atoms with Gasteiger partial charge in [0.25, 0.3) is 0 Å². The van der Waals surface area contributed by atoms with Gasteiger partial charge in [0.2, 0.25) is 0 Å². The largest absolute Gasteiger partial charge is 1.00 e. The Morgan fingerprint density at radius 3 is 1.11 bits per heavy atom. The molecule has 4 aromatic carbocycles. The summed E-state index contributed by atoms with van der Waals surface area (Å²) in [6, 6.07) is 41.0. The van der Waals surface area contributed by atoms with Crippen LogP contribution >= 0.6 is 0 Å². The van der Waals surface area contributed by atoms with Crippen molar-refractivity contribution >= 4 is 46.4 Å². The smallest absolute Gasteiger partial charge is 0.124 e. The lowest BCUT2D eigenvalue weighted by Gasteiger charge is -2.24. The third kappa shape index (κ3) is 9.14. The fraction of sp³-hybridized carbons (Fsp3) is 0.154. The minimum Gasteiger partial charge on any atom is -1.00 e. The molecule has 10 heteroatoms. The first-order chi connectivity index (χ1) is 28.8. The van der Waals surface area contributed by atoms with Crippen molar-refractivity contribution in [3.05, 3.63) is 155 Å². The van der Waals surface area contributed by atoms with E-state index in [0.29, 0.717) is 22.1 Å². The summed E-state index contributed by atoms with van der Waals surface area (Å²) in [4.78, 5) is 18.5. The van der Waals surface area contributed by atoms with E-state index in [1.807, 2.05) is 24.3 Å². The summed E-state index contributed by atoms with van der Waals surface area (Å²) in [6.07, 6.45) is 8.34. The molecule has 2 aliphatic heterocycles. The summed E-state index contributed by atoms with van der Waals surface area (Å²) < 4.78 is 1.33. The average molecular weight is 1040 g/mol. The van der Waals surface area contributed by atoms with Gasteiger partial charge in [0, 0.05) is 55.4 Å². The van der Waals surface area contributed by atoms with E-state index in [1.54, 1.807) is 12.1 Å². The summed E-state index contributed by atoms with van der Waals surface area (Å²) in [5.74, 6) is 0.550. The van der Waals surface area contributed by atoms with Crippen LogP contribution in [-0.2, 0) is 13.1 Å². The number of hydrogen-bond acceptors (Lipinski definition) is 4. The Hall–Kier alpha value is -5.54. The number of nitrogens with zero attached hydrogens (tertiary/aromatic N) is 4. The molecule has 62 heavy (non-hydrogen) atoms. The van der Waals surface area contributed by atoms with Gasteiger partial charge < -0.3 is 77.1 Å². The van der Waals surface area contributed by atoms with Crippen LogP contribution in [0.2, 0.25) is 0 Å². The molecule has 5 heterocycles. The Bertz CT molecular complexity index is 2890. The second kappa shape index (κ2) is 17.7. The Morgan fingerprint density at radius 2 is 0.742 bits per heavy atom. The van der Waals surface area contributed by atoms with Crippen molar-refractivity contribution in [3.63, 3.8) is 0 Å². The zero-order chi connectivity index (χ0) is 41.8. The second-order valence-electron chi connectivity index (χ2n) is 17.8. The fourth-order valence-electron chi connectivity index (χ4n) is 8.39. The van der Waals surface area contributed by atoms with Crippen LogP contribution in [-0.4, -0.2) is 81.4 Å². The van der Waals surface area contributed by atoms with Crippen LogP contribution in [0.5, 0.6) is 11.5 Å². The maximum atomic E-state index is 11.1. The molecule has 0 amide bonds. The normalized spacial score (nSPS) is 12.2. The lowest BCUT2D eigenvalue weighted by molar-refractivity contribution is -0.884. The Labute approximate surface area is 397 Å². The van der Waals surface area contributed by atoms with Gasteiger partial charge in [-0.15, -0.1) is 0 Å². The average Bonchev–Trinajstić information content (AvgIpc) is 4.05. The summed E-state index contributed by atoms with van der Waals surface area (Å²) in [5, 5.41) is 22.1. The Kier molecular flexibility index (Phi) is 12.7. The van der Waals surface area contributed by atoms with Crippen LogP contribution in [0.3, 0.4) is 0 Å². The highest BCUT2D eigenvalue weighted by Crippen LogP contribution is 2.40. The zero-order valence-corrected chi connectivity index (χ0v) is 40.0. The molecule has 4 N–H and O–H groups in total. The quantitative estimate of drug-likeness (QED) is 0.125. The predicted octanol–water partition coefficient (Wildman–Crippen LogP) is 5.16. The number of fused-ring (bicyclic) bond motifs is 8. The number of rotatable bonds is 8. The number of aromatic nitrogens is 4. The van der Waals surface area contributed by atoms with Gasteiger partial charge >= 0.3 is 0 Å². The van der Waals surface area contributed by atoms with Gasteiger partial charge in [-0.1, -0.05) is 72.8 Å². The van der Waals surface area contributed by atoms with E-state index in [1.165, 1.54) is 0 Å². The molecule has 0 radical (unpaired) electrons. The number of nitrogens with one attached hydrogen (secondary N) is 2. The molecular weight excluding hydrogens is 994 g/mol. The number of phenolic OH excluding ortho intramolecular Hbond substituents is 2. The SMILES string of the molecule is C[N+](C)(C)Cc1cc(-c2c3nc(c(-c4ccccc4)c4ccc([nH]4)c(-c4ccc(O)c(C[N+](C)(C)C)c4)c4ccc([nH]4)c(-c4ccccc4)c4nc2C=C4)C=C3)ccc1O.[I-].[I-]. The van der Waals surface area contributed by atoms with Gasteiger partial charge in [-0.3, -0.25) is 0 Å². The monoisotopic (exact) mass is 1040 g/mol. The molecular formula is C52H50I2N6O2. The lowest BCUT2D eigenvalue weighted by atomic mass is 9.99. The third-order valence-corrected chi connectivity index (χ3v) is 10.9. The van der Waals surface area contributed by atoms with Crippen molar-refractivity contribution in [1.29, 1.82) is 0 Å². The molecule has 0 atom stereocenters. The first-order valence-corrected chi connectivity index (χ1v) is 20.3. The molecule has 8 nitrogen and oxygen atoms in total. The number of hydrogen-bond donors (Lipinski definition) is 4. The summed E-state index contributed by atoms with van der Waals surface area (Å²) in [6.45, 7) is 1.31. The number of quaternary nitrogens is 2. The topological polar surface area (TPSA) is 97.8 Å². The molecule has 314 valence electrons. The van der Waals surface area contributed by atoms with Crippen LogP contribution in [0.4, 0.5) is 0 Å². The highest BCUT2D eigenvalue weighted by molar-refractivity contribution is 6.00. The van der Waals surface area contributed by atoms with Crippen molar-refractivity contribution < 1.29 is 67.1 Å². The summed E-state index contributed by atoms with van der Waals surface area (Å²) >= 11 is 0. The van der Waals surface area contributed by atoms with Crippen LogP contribution in [0, 0.1) is 0 Å². The molecule has 0 saturated heterocycles. The maximum absolute atomic E-state index is 11.1. The van der Waals surface area contributed by atoms with Crippen LogP contribution in [0.25, 0.3) is 90.9 Å². The maximum Gasteiger partial charge on any atom is 0.124 e. The van der Waals surface area contributed by atoms with E-state index >= 15 is 0 Å².